The molecule has 4 aromatic heterocycles. The smallest absolute Gasteiger partial charge is 0.338 e. The Bertz CT molecular complexity index is 2770. The van der Waals surface area contributed by atoms with E-state index in [-0.39, 0.29) is 11.5 Å². The molecule has 4 aromatic carbocycles. The lowest BCUT2D eigenvalue weighted by Gasteiger charge is -2.10. The van der Waals surface area contributed by atoms with E-state index in [9.17, 15) is 14.7 Å². The number of carbonyl (C=O) groups is 2. The van der Waals surface area contributed by atoms with Crippen molar-refractivity contribution in [3.63, 3.8) is 0 Å². The first-order chi connectivity index (χ1) is 27.6. The second kappa shape index (κ2) is 17.6. The number of halogens is 2. The summed E-state index contributed by atoms with van der Waals surface area (Å²) in [5.74, 6) is 0.284. The van der Waals surface area contributed by atoms with E-state index in [4.69, 9.17) is 27.9 Å². The summed E-state index contributed by atoms with van der Waals surface area (Å²) < 4.78 is 8.96. The molecule has 8 aromatic rings. The number of rotatable bonds is 10. The van der Waals surface area contributed by atoms with Crippen LogP contribution in [0.4, 0.5) is 0 Å². The monoisotopic (exact) mass is 832 g/mol. The molecule has 14 heteroatoms. The SMILES string of the molecule is COC(=O)c1cc(Cl)ccc1Cc1ccc2c(ccn2-c2ccnc(SC)n2)c1.CSc1nccc(-n2ccc3cc(Cc4ccc(Cl)cc4C(=O)O)ccc32)n1. The summed E-state index contributed by atoms with van der Waals surface area (Å²) in [4.78, 5) is 41.2. The van der Waals surface area contributed by atoms with Crippen molar-refractivity contribution in [3.05, 3.63) is 165 Å². The molecule has 0 aliphatic heterocycles. The van der Waals surface area contributed by atoms with Gasteiger partial charge in [-0.25, -0.2) is 29.5 Å². The summed E-state index contributed by atoms with van der Waals surface area (Å²) in [6, 6.07) is 30.5. The van der Waals surface area contributed by atoms with E-state index in [1.807, 2.05) is 70.4 Å². The van der Waals surface area contributed by atoms with Crippen LogP contribution in [0.5, 0.6) is 0 Å². The van der Waals surface area contributed by atoms with E-state index in [0.29, 0.717) is 28.5 Å². The van der Waals surface area contributed by atoms with E-state index >= 15 is 0 Å². The molecular formula is C43H34Cl2N6O4S2. The fourth-order valence-electron chi connectivity index (χ4n) is 6.48. The maximum Gasteiger partial charge on any atom is 0.338 e. The Morgan fingerprint density at radius 3 is 1.58 bits per heavy atom. The van der Waals surface area contributed by atoms with Crippen molar-refractivity contribution >= 4 is 80.5 Å². The van der Waals surface area contributed by atoms with Crippen molar-refractivity contribution in [2.75, 3.05) is 19.6 Å². The van der Waals surface area contributed by atoms with Gasteiger partial charge in [-0.05, 0) is 120 Å². The van der Waals surface area contributed by atoms with Crippen molar-refractivity contribution < 1.29 is 19.4 Å². The average molecular weight is 834 g/mol. The van der Waals surface area contributed by atoms with E-state index in [2.05, 4.69) is 50.3 Å². The Balaban J connectivity index is 0.000000174. The molecule has 286 valence electrons. The second-order valence-electron chi connectivity index (χ2n) is 12.7. The molecule has 0 amide bonds. The van der Waals surface area contributed by atoms with Crippen LogP contribution >= 0.6 is 46.7 Å². The lowest BCUT2D eigenvalue weighted by molar-refractivity contribution is 0.0598. The molecule has 8 rings (SSSR count). The zero-order valence-electron chi connectivity index (χ0n) is 30.9. The molecule has 0 saturated heterocycles. The molecule has 4 heterocycles. The van der Waals surface area contributed by atoms with Crippen LogP contribution in [0.1, 0.15) is 43.0 Å². The van der Waals surface area contributed by atoms with Crippen LogP contribution in [-0.2, 0) is 17.6 Å². The normalized spacial score (nSPS) is 11.0. The number of ether oxygens (including phenoxy) is 1. The van der Waals surface area contributed by atoms with Gasteiger partial charge >= 0.3 is 11.9 Å². The van der Waals surface area contributed by atoms with Gasteiger partial charge in [0.15, 0.2) is 10.3 Å². The number of carboxylic acid groups (broad SMARTS) is 1. The number of carboxylic acids is 1. The van der Waals surface area contributed by atoms with Gasteiger partial charge in [0.05, 0.1) is 29.3 Å². The van der Waals surface area contributed by atoms with E-state index in [1.54, 1.807) is 36.7 Å². The number of carbonyl (C=O) groups excluding carboxylic acids is 1. The van der Waals surface area contributed by atoms with Gasteiger partial charge in [0, 0.05) is 45.6 Å². The predicted molar refractivity (Wildman–Crippen MR) is 228 cm³/mol. The van der Waals surface area contributed by atoms with E-state index in [1.165, 1.54) is 36.7 Å². The summed E-state index contributed by atoms with van der Waals surface area (Å²) in [6.07, 6.45) is 12.5. The summed E-state index contributed by atoms with van der Waals surface area (Å²) in [5, 5.41) is 14.0. The van der Waals surface area contributed by atoms with Gasteiger partial charge in [-0.3, -0.25) is 0 Å². The number of hydrogen-bond donors (Lipinski definition) is 1. The molecule has 0 saturated carbocycles. The maximum atomic E-state index is 12.1. The first-order valence-corrected chi connectivity index (χ1v) is 20.7. The molecule has 0 aliphatic carbocycles. The molecule has 1 N–H and O–H groups in total. The van der Waals surface area contributed by atoms with Crippen molar-refractivity contribution in [3.8, 4) is 11.6 Å². The van der Waals surface area contributed by atoms with Crippen LogP contribution in [0.15, 0.2) is 132 Å². The summed E-state index contributed by atoms with van der Waals surface area (Å²) >= 11 is 15.0. The van der Waals surface area contributed by atoms with Gasteiger partial charge in [-0.1, -0.05) is 71.0 Å². The number of thioether (sulfide) groups is 2. The third-order valence-electron chi connectivity index (χ3n) is 9.17. The van der Waals surface area contributed by atoms with Crippen molar-refractivity contribution in [1.82, 2.24) is 29.1 Å². The minimum absolute atomic E-state index is 0.232. The summed E-state index contributed by atoms with van der Waals surface area (Å²) in [5.41, 5.74) is 6.54. The quantitative estimate of drug-likeness (QED) is 0.0809. The highest BCUT2D eigenvalue weighted by atomic mass is 35.5. The summed E-state index contributed by atoms with van der Waals surface area (Å²) in [7, 11) is 1.37. The number of methoxy groups -OCH3 is 1. The number of esters is 1. The largest absolute Gasteiger partial charge is 0.478 e. The highest BCUT2D eigenvalue weighted by Gasteiger charge is 2.15. The van der Waals surface area contributed by atoms with Gasteiger partial charge < -0.3 is 19.0 Å². The minimum atomic E-state index is -0.974. The third kappa shape index (κ3) is 9.00. The number of benzene rings is 4. The lowest BCUT2D eigenvalue weighted by atomic mass is 9.99. The predicted octanol–water partition coefficient (Wildman–Crippen LogP) is 10.3. The molecule has 57 heavy (non-hydrogen) atoms. The number of nitrogens with zero attached hydrogens (tertiary/aromatic N) is 6. The highest BCUT2D eigenvalue weighted by molar-refractivity contribution is 7.98. The molecule has 0 unspecified atom stereocenters. The fourth-order valence-corrected chi connectivity index (χ4v) is 7.52. The number of fused-ring (bicyclic) bond motifs is 2. The molecule has 0 fully saturated rings. The highest BCUT2D eigenvalue weighted by Crippen LogP contribution is 2.27. The molecule has 0 radical (unpaired) electrons. The Labute approximate surface area is 346 Å². The molecule has 0 spiro atoms. The van der Waals surface area contributed by atoms with Crippen LogP contribution in [0, 0.1) is 0 Å². The second-order valence-corrected chi connectivity index (χ2v) is 15.1. The fraction of sp³-hybridized carbons (Fsp3) is 0.116. The Morgan fingerprint density at radius 1 is 0.649 bits per heavy atom. The van der Waals surface area contributed by atoms with Crippen molar-refractivity contribution in [2.24, 2.45) is 0 Å². The van der Waals surface area contributed by atoms with Crippen LogP contribution in [0.2, 0.25) is 10.0 Å². The minimum Gasteiger partial charge on any atom is -0.478 e. The number of aromatic nitrogens is 6. The number of aromatic carboxylic acids is 1. The van der Waals surface area contributed by atoms with Crippen LogP contribution in [-0.4, -0.2) is 65.7 Å². The molecule has 0 aliphatic rings. The Hall–Kier alpha value is -5.66. The van der Waals surface area contributed by atoms with Gasteiger partial charge in [-0.2, -0.15) is 0 Å². The average Bonchev–Trinajstić information content (AvgIpc) is 3.86. The van der Waals surface area contributed by atoms with Gasteiger partial charge in [0.1, 0.15) is 11.6 Å². The van der Waals surface area contributed by atoms with Crippen LogP contribution < -0.4 is 0 Å². The van der Waals surface area contributed by atoms with Crippen molar-refractivity contribution in [1.29, 1.82) is 0 Å². The van der Waals surface area contributed by atoms with Crippen molar-refractivity contribution in [2.45, 2.75) is 23.2 Å². The van der Waals surface area contributed by atoms with E-state index in [0.717, 1.165) is 66.0 Å². The zero-order valence-corrected chi connectivity index (χ0v) is 34.0. The topological polar surface area (TPSA) is 125 Å². The van der Waals surface area contributed by atoms with Gasteiger partial charge in [0.25, 0.3) is 0 Å². The van der Waals surface area contributed by atoms with Gasteiger partial charge in [-0.15, -0.1) is 0 Å². The van der Waals surface area contributed by atoms with E-state index < -0.39 is 5.97 Å². The Kier molecular flexibility index (Phi) is 12.2. The Morgan fingerprint density at radius 2 is 1.12 bits per heavy atom. The zero-order chi connectivity index (χ0) is 40.1. The third-order valence-corrected chi connectivity index (χ3v) is 10.8. The standard InChI is InChI=1S/C22H18ClN3O2S.C21H16ClN3O2S/c1-28-21(27)18-13-17(23)5-4-15(18)11-14-3-6-19-16(12-14)8-10-26(19)20-7-9-24-22(25-20)29-2;1-28-21-23-8-6-19(24-21)25-9-7-15-11-13(2-5-18(15)25)10-14-3-4-16(22)12-17(14)20(26)27/h3-10,12-13H,11H2,1-2H3;2-9,11-12H,10H2,1H3,(H,26,27). The molecule has 0 atom stereocenters. The van der Waals surface area contributed by atoms with Gasteiger partial charge in [0.2, 0.25) is 0 Å². The summed E-state index contributed by atoms with van der Waals surface area (Å²) in [6.45, 7) is 0. The van der Waals surface area contributed by atoms with Crippen LogP contribution in [0.25, 0.3) is 33.4 Å². The molecular weight excluding hydrogens is 800 g/mol. The molecule has 0 bridgehead atoms. The lowest BCUT2D eigenvalue weighted by Crippen LogP contribution is -2.06. The first-order valence-electron chi connectivity index (χ1n) is 17.5. The number of hydrogen-bond acceptors (Lipinski definition) is 9. The maximum absolute atomic E-state index is 12.1. The van der Waals surface area contributed by atoms with Crippen LogP contribution in [0.3, 0.4) is 0 Å². The molecule has 10 nitrogen and oxygen atoms in total. The first kappa shape index (κ1) is 39.6.